The Balaban J connectivity index is 1.68. The first-order chi connectivity index (χ1) is 14.8. The monoisotopic (exact) mass is 496 g/mol. The van der Waals surface area contributed by atoms with E-state index in [1.54, 1.807) is 6.92 Å². The lowest BCUT2D eigenvalue weighted by molar-refractivity contribution is -0.143. The number of carbonyl (C=O) groups excluding carboxylic acids is 3. The van der Waals surface area contributed by atoms with Crippen molar-refractivity contribution in [3.05, 3.63) is 46.6 Å². The van der Waals surface area contributed by atoms with Gasteiger partial charge in [-0.1, -0.05) is 67.9 Å². The molecule has 0 saturated heterocycles. The highest BCUT2D eigenvalue weighted by Crippen LogP contribution is 2.70. The van der Waals surface area contributed by atoms with Crippen molar-refractivity contribution >= 4 is 33.3 Å². The fourth-order valence-corrected chi connectivity index (χ4v) is 8.64. The molecule has 170 valence electrons. The van der Waals surface area contributed by atoms with Crippen LogP contribution < -0.4 is 0 Å². The smallest absolute Gasteiger partial charge is 0.225 e. The summed E-state index contributed by atoms with van der Waals surface area (Å²) >= 11 is 3.63. The number of hydrogen-bond donors (Lipinski definition) is 0. The lowest BCUT2D eigenvalue weighted by Crippen LogP contribution is -2.59. The Morgan fingerprint density at radius 2 is 1.59 bits per heavy atom. The number of rotatable bonds is 0. The van der Waals surface area contributed by atoms with Crippen molar-refractivity contribution < 1.29 is 14.4 Å². The largest absolute Gasteiger partial charge is 0.299 e. The second kappa shape index (κ2) is 6.52. The van der Waals surface area contributed by atoms with Crippen LogP contribution in [0, 0.1) is 33.5 Å². The van der Waals surface area contributed by atoms with Crippen LogP contribution in [-0.4, -0.2) is 22.2 Å². The predicted molar refractivity (Wildman–Crippen MR) is 129 cm³/mol. The van der Waals surface area contributed by atoms with Crippen LogP contribution in [0.5, 0.6) is 0 Å². The fraction of sp³-hybridized carbons (Fsp3) is 0.607. The SMILES string of the molecule is CC1=C2C=CC3=C(C=CC4(C)C5CC(C)C(=O)CC5(C)CCC34C)C2(C)C(Br)C(=O)C1=O. The van der Waals surface area contributed by atoms with Crippen molar-refractivity contribution in [3.63, 3.8) is 0 Å². The molecule has 0 aromatic heterocycles. The molecule has 7 atom stereocenters. The highest BCUT2D eigenvalue weighted by atomic mass is 79.9. The van der Waals surface area contributed by atoms with Gasteiger partial charge in [0.2, 0.25) is 11.6 Å². The second-order valence-corrected chi connectivity index (χ2v) is 12.8. The number of fused-ring (bicyclic) bond motifs is 6. The molecule has 0 spiro atoms. The van der Waals surface area contributed by atoms with E-state index in [-0.39, 0.29) is 33.7 Å². The van der Waals surface area contributed by atoms with Gasteiger partial charge in [-0.3, -0.25) is 14.4 Å². The standard InChI is InChI=1S/C28H33BrO3/c1-15-13-21-25(3,14-20(15)30)11-12-26(4)18-8-7-17-16(2)22(31)23(32)24(29)28(17,6)19(18)9-10-27(21,26)5/h7-10,15,21,24H,11-14H2,1-6H3. The van der Waals surface area contributed by atoms with Crippen LogP contribution in [-0.2, 0) is 14.4 Å². The number of halogens is 1. The highest BCUT2D eigenvalue weighted by molar-refractivity contribution is 9.10. The zero-order valence-corrected chi connectivity index (χ0v) is 21.6. The summed E-state index contributed by atoms with van der Waals surface area (Å²) in [7, 11) is 0. The third kappa shape index (κ3) is 2.40. The van der Waals surface area contributed by atoms with E-state index >= 15 is 0 Å². The highest BCUT2D eigenvalue weighted by Gasteiger charge is 2.64. The van der Waals surface area contributed by atoms with Crippen molar-refractivity contribution in [1.82, 2.24) is 0 Å². The zero-order valence-electron chi connectivity index (χ0n) is 20.0. The lowest BCUT2D eigenvalue weighted by atomic mass is 9.39. The summed E-state index contributed by atoms with van der Waals surface area (Å²) in [6.45, 7) is 13.1. The minimum atomic E-state index is -0.560. The van der Waals surface area contributed by atoms with Gasteiger partial charge in [0.25, 0.3) is 0 Å². The van der Waals surface area contributed by atoms with Crippen LogP contribution in [0.3, 0.4) is 0 Å². The summed E-state index contributed by atoms with van der Waals surface area (Å²) in [6.07, 6.45) is 12.6. The first kappa shape index (κ1) is 22.3. The third-order valence-electron chi connectivity index (χ3n) is 10.4. The van der Waals surface area contributed by atoms with Gasteiger partial charge in [-0.2, -0.15) is 0 Å². The van der Waals surface area contributed by atoms with E-state index in [1.807, 2.05) is 0 Å². The van der Waals surface area contributed by atoms with E-state index in [4.69, 9.17) is 0 Å². The van der Waals surface area contributed by atoms with Gasteiger partial charge in [-0.25, -0.2) is 0 Å². The normalized spacial score (nSPS) is 47.8. The Hall–Kier alpha value is -1.55. The molecule has 4 heteroatoms. The molecule has 5 aliphatic rings. The van der Waals surface area contributed by atoms with Gasteiger partial charge in [0.05, 0.1) is 4.83 Å². The van der Waals surface area contributed by atoms with E-state index in [0.717, 1.165) is 24.8 Å². The molecule has 0 aromatic rings. The van der Waals surface area contributed by atoms with Gasteiger partial charge in [-0.15, -0.1) is 0 Å². The second-order valence-electron chi connectivity index (χ2n) is 11.9. The average molecular weight is 497 g/mol. The van der Waals surface area contributed by atoms with E-state index in [9.17, 15) is 14.4 Å². The van der Waals surface area contributed by atoms with Crippen molar-refractivity contribution in [2.75, 3.05) is 0 Å². The van der Waals surface area contributed by atoms with Crippen LogP contribution in [0.4, 0.5) is 0 Å². The topological polar surface area (TPSA) is 51.2 Å². The van der Waals surface area contributed by atoms with Gasteiger partial charge >= 0.3 is 0 Å². The molecular formula is C28H33BrO3. The minimum Gasteiger partial charge on any atom is -0.299 e. The summed E-state index contributed by atoms with van der Waals surface area (Å²) in [5.74, 6) is 0.234. The van der Waals surface area contributed by atoms with Crippen LogP contribution in [0.1, 0.15) is 67.2 Å². The van der Waals surface area contributed by atoms with Gasteiger partial charge in [0.1, 0.15) is 5.78 Å². The molecule has 32 heavy (non-hydrogen) atoms. The molecule has 0 aliphatic heterocycles. The first-order valence-corrected chi connectivity index (χ1v) is 12.8. The van der Waals surface area contributed by atoms with Crippen LogP contribution in [0.15, 0.2) is 46.6 Å². The number of ketones is 3. The number of allylic oxidation sites excluding steroid dienone is 8. The number of carbonyl (C=O) groups is 3. The number of hydrogen-bond acceptors (Lipinski definition) is 3. The van der Waals surface area contributed by atoms with Gasteiger partial charge < -0.3 is 0 Å². The molecule has 0 amide bonds. The summed E-state index contributed by atoms with van der Waals surface area (Å²) in [5.41, 5.74) is 3.32. The van der Waals surface area contributed by atoms with Crippen molar-refractivity contribution in [3.8, 4) is 0 Å². The Kier molecular flexibility index (Phi) is 4.54. The van der Waals surface area contributed by atoms with E-state index in [0.29, 0.717) is 23.7 Å². The quantitative estimate of drug-likeness (QED) is 0.301. The van der Waals surface area contributed by atoms with Crippen LogP contribution in [0.2, 0.25) is 0 Å². The molecule has 5 aliphatic carbocycles. The summed E-state index contributed by atoms with van der Waals surface area (Å²) in [5, 5.41) is 0. The van der Waals surface area contributed by atoms with Gasteiger partial charge in [0.15, 0.2) is 0 Å². The Labute approximate surface area is 199 Å². The molecule has 0 aromatic carbocycles. The number of Topliss-reactive ketones (excluding diaryl/α,β-unsaturated/α-hetero) is 3. The first-order valence-electron chi connectivity index (χ1n) is 11.9. The minimum absolute atomic E-state index is 0.0371. The maximum absolute atomic E-state index is 12.9. The fourth-order valence-electron chi connectivity index (χ4n) is 7.94. The molecule has 0 heterocycles. The van der Waals surface area contributed by atoms with E-state index in [2.05, 4.69) is 74.9 Å². The Morgan fingerprint density at radius 3 is 2.28 bits per heavy atom. The average Bonchev–Trinajstić information content (AvgIpc) is 2.74. The molecule has 0 radical (unpaired) electrons. The molecule has 2 fully saturated rings. The number of alkyl halides is 1. The molecule has 2 saturated carbocycles. The van der Waals surface area contributed by atoms with Crippen molar-refractivity contribution in [1.29, 1.82) is 0 Å². The maximum Gasteiger partial charge on any atom is 0.225 e. The molecular weight excluding hydrogens is 464 g/mol. The van der Waals surface area contributed by atoms with Crippen molar-refractivity contribution in [2.24, 2.45) is 33.5 Å². The molecule has 0 bridgehead atoms. The predicted octanol–water partition coefficient (Wildman–Crippen LogP) is 6.09. The summed E-state index contributed by atoms with van der Waals surface area (Å²) < 4.78 is 0. The summed E-state index contributed by atoms with van der Waals surface area (Å²) in [4.78, 5) is 37.5. The van der Waals surface area contributed by atoms with Crippen LogP contribution >= 0.6 is 15.9 Å². The van der Waals surface area contributed by atoms with Gasteiger partial charge in [0, 0.05) is 28.7 Å². The Bertz CT molecular complexity index is 1110. The molecule has 0 N–H and O–H groups in total. The third-order valence-corrected chi connectivity index (χ3v) is 11.7. The van der Waals surface area contributed by atoms with Crippen LogP contribution in [0.25, 0.3) is 0 Å². The maximum atomic E-state index is 12.9. The van der Waals surface area contributed by atoms with Crippen molar-refractivity contribution in [2.45, 2.75) is 72.1 Å². The Morgan fingerprint density at radius 1 is 0.938 bits per heavy atom. The molecule has 5 rings (SSSR count). The lowest BCUT2D eigenvalue weighted by Gasteiger charge is -2.65. The van der Waals surface area contributed by atoms with E-state index in [1.165, 1.54) is 11.1 Å². The zero-order chi connectivity index (χ0) is 23.4. The molecule has 3 nitrogen and oxygen atoms in total. The van der Waals surface area contributed by atoms with Gasteiger partial charge in [-0.05, 0) is 66.6 Å². The van der Waals surface area contributed by atoms with E-state index < -0.39 is 10.2 Å². The molecule has 7 unspecified atom stereocenters. The summed E-state index contributed by atoms with van der Waals surface area (Å²) in [6, 6.07) is 0.